The Morgan fingerprint density at radius 2 is 1.71 bits per heavy atom. The van der Waals surface area contributed by atoms with Crippen molar-refractivity contribution in [2.45, 2.75) is 13.8 Å². The first-order valence-electron chi connectivity index (χ1n) is 4.54. The highest BCUT2D eigenvalue weighted by atomic mass is 15.0. The van der Waals surface area contributed by atoms with Crippen LogP contribution >= 0.6 is 0 Å². The molecule has 0 saturated heterocycles. The summed E-state index contributed by atoms with van der Waals surface area (Å²) >= 11 is 0. The van der Waals surface area contributed by atoms with Crippen molar-refractivity contribution in [3.05, 3.63) is 35.5 Å². The van der Waals surface area contributed by atoms with Crippen LogP contribution in [0.25, 0.3) is 10.9 Å². The second-order valence-electron chi connectivity index (χ2n) is 3.41. The van der Waals surface area contributed by atoms with Crippen molar-refractivity contribution in [3.63, 3.8) is 0 Å². The van der Waals surface area contributed by atoms with Crippen molar-refractivity contribution in [3.8, 4) is 0 Å². The third-order valence-electron chi connectivity index (χ3n) is 2.44. The van der Waals surface area contributed by atoms with Gasteiger partial charge in [-0.3, -0.25) is 11.7 Å². The first-order valence-corrected chi connectivity index (χ1v) is 4.54. The fourth-order valence-electron chi connectivity index (χ4n) is 1.61. The molecule has 0 aliphatic rings. The molecule has 4 N–H and O–H groups in total. The SMILES string of the molecule is Cc1ccc2c(c1)cc(C)n2C.NN. The molecule has 1 aromatic heterocycles. The van der Waals surface area contributed by atoms with Gasteiger partial charge >= 0.3 is 0 Å². The van der Waals surface area contributed by atoms with Crippen LogP contribution in [0.15, 0.2) is 24.3 Å². The number of aromatic nitrogens is 1. The van der Waals surface area contributed by atoms with Crippen molar-refractivity contribution >= 4 is 10.9 Å². The van der Waals surface area contributed by atoms with Gasteiger partial charge in [0, 0.05) is 23.6 Å². The summed E-state index contributed by atoms with van der Waals surface area (Å²) in [6.45, 7) is 4.26. The Kier molecular flexibility index (Phi) is 3.28. The smallest absolute Gasteiger partial charge is 0.0479 e. The van der Waals surface area contributed by atoms with Gasteiger partial charge in [-0.1, -0.05) is 11.6 Å². The minimum absolute atomic E-state index is 1.32. The van der Waals surface area contributed by atoms with Gasteiger partial charge in [0.1, 0.15) is 0 Å². The van der Waals surface area contributed by atoms with Crippen LogP contribution in [0.4, 0.5) is 0 Å². The number of aryl methyl sites for hydroxylation is 3. The van der Waals surface area contributed by atoms with Gasteiger partial charge in [-0.2, -0.15) is 0 Å². The molecular weight excluding hydrogens is 174 g/mol. The van der Waals surface area contributed by atoms with Gasteiger partial charge < -0.3 is 4.57 Å². The average Bonchev–Trinajstić information content (AvgIpc) is 2.45. The summed E-state index contributed by atoms with van der Waals surface area (Å²) in [7, 11) is 2.10. The Morgan fingerprint density at radius 3 is 2.36 bits per heavy atom. The number of hydrazine groups is 1. The van der Waals surface area contributed by atoms with Gasteiger partial charge in [0.05, 0.1) is 0 Å². The van der Waals surface area contributed by atoms with E-state index in [1.54, 1.807) is 0 Å². The van der Waals surface area contributed by atoms with Crippen molar-refractivity contribution in [1.29, 1.82) is 0 Å². The van der Waals surface area contributed by atoms with Crippen molar-refractivity contribution in [2.75, 3.05) is 0 Å². The molecule has 1 aromatic carbocycles. The maximum atomic E-state index is 4.00. The van der Waals surface area contributed by atoms with Gasteiger partial charge in [-0.15, -0.1) is 0 Å². The van der Waals surface area contributed by atoms with Gasteiger partial charge in [-0.25, -0.2) is 0 Å². The van der Waals surface area contributed by atoms with E-state index in [1.165, 1.54) is 22.2 Å². The lowest BCUT2D eigenvalue weighted by atomic mass is 10.2. The summed E-state index contributed by atoms with van der Waals surface area (Å²) in [6.07, 6.45) is 0. The minimum atomic E-state index is 1.32. The third kappa shape index (κ3) is 1.78. The van der Waals surface area contributed by atoms with Gasteiger partial charge in [-0.05, 0) is 32.0 Å². The third-order valence-corrected chi connectivity index (χ3v) is 2.44. The fraction of sp³-hybridized carbons (Fsp3) is 0.273. The van der Waals surface area contributed by atoms with E-state index in [9.17, 15) is 0 Å². The topological polar surface area (TPSA) is 57.0 Å². The molecule has 0 aliphatic carbocycles. The molecule has 0 saturated carbocycles. The van der Waals surface area contributed by atoms with Crippen molar-refractivity contribution in [2.24, 2.45) is 18.7 Å². The molecule has 0 aliphatic heterocycles. The summed E-state index contributed by atoms with van der Waals surface area (Å²) in [5.41, 5.74) is 3.96. The monoisotopic (exact) mass is 191 g/mol. The number of nitrogens with zero attached hydrogens (tertiary/aromatic N) is 1. The van der Waals surface area contributed by atoms with Gasteiger partial charge in [0.2, 0.25) is 0 Å². The van der Waals surface area contributed by atoms with Crippen LogP contribution in [0, 0.1) is 13.8 Å². The van der Waals surface area contributed by atoms with Crippen molar-refractivity contribution in [1.82, 2.24) is 4.57 Å². The van der Waals surface area contributed by atoms with E-state index in [0.717, 1.165) is 0 Å². The lowest BCUT2D eigenvalue weighted by Crippen LogP contribution is -2.02. The summed E-state index contributed by atoms with van der Waals surface area (Å²) < 4.78 is 2.22. The van der Waals surface area contributed by atoms with Crippen molar-refractivity contribution < 1.29 is 0 Å². The van der Waals surface area contributed by atoms with E-state index < -0.39 is 0 Å². The number of fused-ring (bicyclic) bond motifs is 1. The molecule has 0 radical (unpaired) electrons. The maximum Gasteiger partial charge on any atom is 0.0479 e. The molecule has 0 fully saturated rings. The average molecular weight is 191 g/mol. The zero-order chi connectivity index (χ0) is 10.7. The second kappa shape index (κ2) is 4.26. The molecule has 0 atom stereocenters. The maximum absolute atomic E-state index is 4.00. The van der Waals surface area contributed by atoms with Crippen LogP contribution in [0.5, 0.6) is 0 Å². The molecule has 2 rings (SSSR count). The summed E-state index contributed by atoms with van der Waals surface area (Å²) in [6, 6.07) is 8.78. The van der Waals surface area contributed by atoms with Crippen LogP contribution in [-0.4, -0.2) is 4.57 Å². The largest absolute Gasteiger partial charge is 0.348 e. The zero-order valence-corrected chi connectivity index (χ0v) is 8.91. The Hall–Kier alpha value is -1.32. The highest BCUT2D eigenvalue weighted by Crippen LogP contribution is 2.18. The van der Waals surface area contributed by atoms with E-state index in [-0.39, 0.29) is 0 Å². The molecule has 3 heteroatoms. The Labute approximate surface area is 84.3 Å². The number of hydrogen-bond acceptors (Lipinski definition) is 2. The predicted octanol–water partition coefficient (Wildman–Crippen LogP) is 1.61. The summed E-state index contributed by atoms with van der Waals surface area (Å²) in [4.78, 5) is 0. The molecule has 0 bridgehead atoms. The van der Waals surface area contributed by atoms with E-state index in [2.05, 4.69) is 61.4 Å². The van der Waals surface area contributed by atoms with Crippen LogP contribution in [-0.2, 0) is 7.05 Å². The van der Waals surface area contributed by atoms with Gasteiger partial charge in [0.15, 0.2) is 0 Å². The van der Waals surface area contributed by atoms with Crippen LogP contribution < -0.4 is 11.7 Å². The number of hydrogen-bond donors (Lipinski definition) is 2. The van der Waals surface area contributed by atoms with Gasteiger partial charge in [0.25, 0.3) is 0 Å². The molecule has 0 spiro atoms. The minimum Gasteiger partial charge on any atom is -0.348 e. The molecule has 3 nitrogen and oxygen atoms in total. The van der Waals surface area contributed by atoms with E-state index >= 15 is 0 Å². The number of benzene rings is 1. The lowest BCUT2D eigenvalue weighted by Gasteiger charge is -1.98. The molecular formula is C11H17N3. The fourth-order valence-corrected chi connectivity index (χ4v) is 1.61. The summed E-state index contributed by atoms with van der Waals surface area (Å²) in [5, 5.41) is 1.34. The quantitative estimate of drug-likeness (QED) is 0.491. The highest BCUT2D eigenvalue weighted by molar-refractivity contribution is 5.81. The predicted molar refractivity (Wildman–Crippen MR) is 60.8 cm³/mol. The molecule has 2 aromatic rings. The van der Waals surface area contributed by atoms with E-state index in [1.807, 2.05) is 0 Å². The van der Waals surface area contributed by atoms with Crippen LogP contribution in [0.3, 0.4) is 0 Å². The zero-order valence-electron chi connectivity index (χ0n) is 8.91. The first-order chi connectivity index (χ1) is 6.68. The molecule has 76 valence electrons. The number of nitrogens with two attached hydrogens (primary N) is 2. The molecule has 14 heavy (non-hydrogen) atoms. The van der Waals surface area contributed by atoms with Crippen LogP contribution in [0.2, 0.25) is 0 Å². The van der Waals surface area contributed by atoms with Crippen LogP contribution in [0.1, 0.15) is 11.3 Å². The second-order valence-corrected chi connectivity index (χ2v) is 3.41. The standard InChI is InChI=1S/C11H13N.H4N2/c1-8-4-5-11-10(6-8)7-9(2)12(11)3;1-2/h4-7H,1-3H3;1-2H2. The Morgan fingerprint density at radius 1 is 1.07 bits per heavy atom. The number of rotatable bonds is 0. The normalized spacial score (nSPS) is 9.79. The highest BCUT2D eigenvalue weighted by Gasteiger charge is 2.00. The molecule has 0 amide bonds. The molecule has 0 unspecified atom stereocenters. The first kappa shape index (κ1) is 10.8. The summed E-state index contributed by atoms with van der Waals surface area (Å²) in [5.74, 6) is 8.00. The van der Waals surface area contributed by atoms with E-state index in [0.29, 0.717) is 0 Å². The lowest BCUT2D eigenvalue weighted by molar-refractivity contribution is 0.918. The molecule has 1 heterocycles. The van der Waals surface area contributed by atoms with E-state index in [4.69, 9.17) is 0 Å². The Balaban J connectivity index is 0.000000461. The Bertz CT molecular complexity index is 429.